The van der Waals surface area contributed by atoms with Crippen LogP contribution in [0.1, 0.15) is 37.7 Å². The monoisotopic (exact) mass is 380 g/mol. The number of aromatic nitrogens is 2. The lowest BCUT2D eigenvalue weighted by molar-refractivity contribution is -0.126. The molecule has 0 bridgehead atoms. The SMILES string of the molecule is Cn1ncc(N2CC[C@H](CNC(=O)C3(c4ccccc4)CCCC3)C2)cc1=O. The van der Waals surface area contributed by atoms with Crippen LogP contribution in [-0.2, 0) is 17.3 Å². The van der Waals surface area contributed by atoms with E-state index in [2.05, 4.69) is 27.4 Å². The Morgan fingerprint density at radius 3 is 2.71 bits per heavy atom. The van der Waals surface area contributed by atoms with Crippen molar-refractivity contribution in [2.24, 2.45) is 13.0 Å². The van der Waals surface area contributed by atoms with E-state index in [-0.39, 0.29) is 16.9 Å². The zero-order chi connectivity index (χ0) is 19.6. The van der Waals surface area contributed by atoms with E-state index in [9.17, 15) is 9.59 Å². The molecule has 1 aromatic heterocycles. The maximum absolute atomic E-state index is 13.2. The van der Waals surface area contributed by atoms with Crippen molar-refractivity contribution >= 4 is 11.6 Å². The Hall–Kier alpha value is -2.63. The average molecular weight is 380 g/mol. The van der Waals surface area contributed by atoms with Gasteiger partial charge in [0.05, 0.1) is 17.3 Å². The Balaban J connectivity index is 1.38. The number of amides is 1. The molecule has 1 aliphatic heterocycles. The summed E-state index contributed by atoms with van der Waals surface area (Å²) >= 11 is 0. The minimum Gasteiger partial charge on any atom is -0.370 e. The van der Waals surface area contributed by atoms with E-state index in [1.165, 1.54) is 4.68 Å². The summed E-state index contributed by atoms with van der Waals surface area (Å²) in [4.78, 5) is 27.2. The number of benzene rings is 1. The number of aryl methyl sites for hydroxylation is 1. The van der Waals surface area contributed by atoms with Crippen LogP contribution in [0.4, 0.5) is 5.69 Å². The number of carbonyl (C=O) groups is 1. The van der Waals surface area contributed by atoms with E-state index in [1.54, 1.807) is 19.3 Å². The van der Waals surface area contributed by atoms with Crippen LogP contribution in [0.5, 0.6) is 0 Å². The third-order valence-corrected chi connectivity index (χ3v) is 6.37. The van der Waals surface area contributed by atoms with Crippen molar-refractivity contribution in [3.05, 3.63) is 58.5 Å². The Labute approximate surface area is 165 Å². The molecule has 0 unspecified atom stereocenters. The second kappa shape index (κ2) is 7.78. The van der Waals surface area contributed by atoms with Crippen LogP contribution in [0.15, 0.2) is 47.4 Å². The van der Waals surface area contributed by atoms with Gasteiger partial charge in [0.2, 0.25) is 5.91 Å². The molecule has 2 fully saturated rings. The van der Waals surface area contributed by atoms with Crippen LogP contribution in [-0.4, -0.2) is 35.3 Å². The molecule has 2 aliphatic rings. The zero-order valence-corrected chi connectivity index (χ0v) is 16.4. The van der Waals surface area contributed by atoms with E-state index in [0.29, 0.717) is 12.5 Å². The summed E-state index contributed by atoms with van der Waals surface area (Å²) in [7, 11) is 1.65. The first-order valence-corrected chi connectivity index (χ1v) is 10.2. The Kier molecular flexibility index (Phi) is 5.20. The molecule has 28 heavy (non-hydrogen) atoms. The molecule has 1 aromatic carbocycles. The normalized spacial score (nSPS) is 21.0. The molecule has 6 nitrogen and oxygen atoms in total. The van der Waals surface area contributed by atoms with Gasteiger partial charge in [-0.3, -0.25) is 9.59 Å². The van der Waals surface area contributed by atoms with Crippen molar-refractivity contribution in [1.82, 2.24) is 15.1 Å². The predicted octanol–water partition coefficient (Wildman–Crippen LogP) is 2.23. The van der Waals surface area contributed by atoms with Crippen molar-refractivity contribution in [3.63, 3.8) is 0 Å². The van der Waals surface area contributed by atoms with Crippen molar-refractivity contribution in [2.45, 2.75) is 37.5 Å². The Morgan fingerprint density at radius 1 is 1.25 bits per heavy atom. The smallest absolute Gasteiger partial charge is 0.268 e. The molecule has 1 saturated carbocycles. The summed E-state index contributed by atoms with van der Waals surface area (Å²) in [5, 5.41) is 7.36. The summed E-state index contributed by atoms with van der Waals surface area (Å²) in [6.07, 6.45) is 6.82. The molecule has 1 atom stereocenters. The molecular formula is C22H28N4O2. The van der Waals surface area contributed by atoms with Crippen LogP contribution < -0.4 is 15.8 Å². The van der Waals surface area contributed by atoms with E-state index < -0.39 is 0 Å². The molecule has 0 radical (unpaired) electrons. The van der Waals surface area contributed by atoms with Gasteiger partial charge in [-0.1, -0.05) is 43.2 Å². The first-order chi connectivity index (χ1) is 13.6. The Bertz CT molecular complexity index is 887. The number of nitrogens with zero attached hydrogens (tertiary/aromatic N) is 3. The van der Waals surface area contributed by atoms with Crippen LogP contribution >= 0.6 is 0 Å². The summed E-state index contributed by atoms with van der Waals surface area (Å²) in [6, 6.07) is 11.9. The van der Waals surface area contributed by atoms with Crippen LogP contribution in [0.3, 0.4) is 0 Å². The van der Waals surface area contributed by atoms with Gasteiger partial charge < -0.3 is 10.2 Å². The van der Waals surface area contributed by atoms with E-state index in [4.69, 9.17) is 0 Å². The Morgan fingerprint density at radius 2 is 2.00 bits per heavy atom. The largest absolute Gasteiger partial charge is 0.370 e. The van der Waals surface area contributed by atoms with E-state index >= 15 is 0 Å². The number of carbonyl (C=O) groups excluding carboxylic acids is 1. The molecule has 1 saturated heterocycles. The summed E-state index contributed by atoms with van der Waals surface area (Å²) in [5.74, 6) is 0.562. The predicted molar refractivity (Wildman–Crippen MR) is 109 cm³/mol. The number of hydrogen-bond acceptors (Lipinski definition) is 4. The molecule has 1 aliphatic carbocycles. The summed E-state index contributed by atoms with van der Waals surface area (Å²) in [5.41, 5.74) is 1.55. The van der Waals surface area contributed by atoms with Gasteiger partial charge >= 0.3 is 0 Å². The van der Waals surface area contributed by atoms with Crippen LogP contribution in [0.2, 0.25) is 0 Å². The quantitative estimate of drug-likeness (QED) is 0.864. The molecule has 2 heterocycles. The average Bonchev–Trinajstić information content (AvgIpc) is 3.39. The molecule has 148 valence electrons. The topological polar surface area (TPSA) is 67.2 Å². The minimum absolute atomic E-state index is 0.0970. The van der Waals surface area contributed by atoms with Gasteiger partial charge in [-0.2, -0.15) is 5.10 Å². The zero-order valence-electron chi connectivity index (χ0n) is 16.4. The van der Waals surface area contributed by atoms with Crippen molar-refractivity contribution in [1.29, 1.82) is 0 Å². The minimum atomic E-state index is -0.366. The lowest BCUT2D eigenvalue weighted by atomic mass is 9.78. The van der Waals surface area contributed by atoms with Gasteiger partial charge in [-0.25, -0.2) is 4.68 Å². The summed E-state index contributed by atoms with van der Waals surface area (Å²) in [6.45, 7) is 2.41. The van der Waals surface area contributed by atoms with Crippen molar-refractivity contribution in [3.8, 4) is 0 Å². The molecule has 1 amide bonds. The second-order valence-electron chi connectivity index (χ2n) is 8.14. The molecule has 4 rings (SSSR count). The third kappa shape index (κ3) is 3.55. The highest BCUT2D eigenvalue weighted by molar-refractivity contribution is 5.88. The van der Waals surface area contributed by atoms with Crippen LogP contribution in [0, 0.1) is 5.92 Å². The number of hydrogen-bond donors (Lipinski definition) is 1. The molecule has 0 spiro atoms. The molecule has 6 heteroatoms. The van der Waals surface area contributed by atoms with Gasteiger partial charge in [0.25, 0.3) is 5.56 Å². The first-order valence-electron chi connectivity index (χ1n) is 10.2. The van der Waals surface area contributed by atoms with Gasteiger partial charge in [-0.05, 0) is 30.7 Å². The summed E-state index contributed by atoms with van der Waals surface area (Å²) < 4.78 is 1.34. The maximum Gasteiger partial charge on any atom is 0.268 e. The fraction of sp³-hybridized carbons (Fsp3) is 0.500. The second-order valence-corrected chi connectivity index (χ2v) is 8.14. The lowest BCUT2D eigenvalue weighted by Gasteiger charge is -2.29. The van der Waals surface area contributed by atoms with Gasteiger partial charge in [0.15, 0.2) is 0 Å². The fourth-order valence-corrected chi connectivity index (χ4v) is 4.66. The standard InChI is InChI=1S/C22H28N4O2/c1-25-20(27)13-19(15-24-25)26-12-9-17(16-26)14-23-21(28)22(10-5-6-11-22)18-7-3-2-4-8-18/h2-4,7-8,13,15,17H,5-6,9-12,14,16H2,1H3,(H,23,28)/t17-/m1/s1. The van der Waals surface area contributed by atoms with Crippen molar-refractivity contribution < 1.29 is 4.79 Å². The van der Waals surface area contributed by atoms with E-state index in [0.717, 1.165) is 56.4 Å². The van der Waals surface area contributed by atoms with Crippen molar-refractivity contribution in [2.75, 3.05) is 24.5 Å². The van der Waals surface area contributed by atoms with Gasteiger partial charge in [0.1, 0.15) is 0 Å². The fourth-order valence-electron chi connectivity index (χ4n) is 4.66. The highest BCUT2D eigenvalue weighted by Gasteiger charge is 2.42. The number of nitrogens with one attached hydrogen (secondary N) is 1. The maximum atomic E-state index is 13.2. The van der Waals surface area contributed by atoms with E-state index in [1.807, 2.05) is 18.2 Å². The van der Waals surface area contributed by atoms with Crippen LogP contribution in [0.25, 0.3) is 0 Å². The lowest BCUT2D eigenvalue weighted by Crippen LogP contribution is -2.44. The molecule has 2 aromatic rings. The number of anilines is 1. The highest BCUT2D eigenvalue weighted by atomic mass is 16.2. The number of rotatable bonds is 5. The highest BCUT2D eigenvalue weighted by Crippen LogP contribution is 2.41. The molecule has 1 N–H and O–H groups in total. The first kappa shape index (κ1) is 18.7. The van der Waals surface area contributed by atoms with Gasteiger partial charge in [-0.15, -0.1) is 0 Å². The van der Waals surface area contributed by atoms with Gasteiger partial charge in [0, 0.05) is 32.7 Å². The third-order valence-electron chi connectivity index (χ3n) is 6.37. The molecular weight excluding hydrogens is 352 g/mol.